The Kier molecular flexibility index (Phi) is 3.09. The van der Waals surface area contributed by atoms with E-state index in [0.717, 1.165) is 29.4 Å². The van der Waals surface area contributed by atoms with Gasteiger partial charge in [0.1, 0.15) is 6.10 Å². The van der Waals surface area contributed by atoms with E-state index >= 15 is 0 Å². The molecular formula is C11H15BrN2O. The number of rotatable bonds is 3. The van der Waals surface area contributed by atoms with Crippen molar-refractivity contribution >= 4 is 15.9 Å². The van der Waals surface area contributed by atoms with Crippen LogP contribution in [0.4, 0.5) is 0 Å². The van der Waals surface area contributed by atoms with Gasteiger partial charge in [-0.25, -0.2) is 0 Å². The summed E-state index contributed by atoms with van der Waals surface area (Å²) in [6.07, 6.45) is 4.35. The molecule has 0 saturated heterocycles. The van der Waals surface area contributed by atoms with Gasteiger partial charge in [0.2, 0.25) is 0 Å². The Morgan fingerprint density at radius 3 is 2.67 bits per heavy atom. The number of nitrogens with two attached hydrogens (primary N) is 1. The van der Waals surface area contributed by atoms with E-state index in [1.54, 1.807) is 6.20 Å². The van der Waals surface area contributed by atoms with Crippen LogP contribution < -0.4 is 5.73 Å². The van der Waals surface area contributed by atoms with Crippen LogP contribution in [0.2, 0.25) is 0 Å². The van der Waals surface area contributed by atoms with Gasteiger partial charge in [0.15, 0.2) is 0 Å². The Bertz CT molecular complexity index is 329. The van der Waals surface area contributed by atoms with Crippen molar-refractivity contribution in [3.63, 3.8) is 0 Å². The molecule has 0 aliphatic heterocycles. The Morgan fingerprint density at radius 2 is 2.27 bits per heavy atom. The molecule has 1 fully saturated rings. The van der Waals surface area contributed by atoms with E-state index in [0.29, 0.717) is 6.54 Å². The maximum Gasteiger partial charge on any atom is 0.103 e. The van der Waals surface area contributed by atoms with Crippen molar-refractivity contribution in [2.45, 2.75) is 25.4 Å². The van der Waals surface area contributed by atoms with Gasteiger partial charge < -0.3 is 10.8 Å². The molecule has 0 bridgehead atoms. The van der Waals surface area contributed by atoms with Gasteiger partial charge in [-0.2, -0.15) is 0 Å². The summed E-state index contributed by atoms with van der Waals surface area (Å²) in [6.45, 7) is 0.534. The van der Waals surface area contributed by atoms with Gasteiger partial charge >= 0.3 is 0 Å². The van der Waals surface area contributed by atoms with Crippen molar-refractivity contribution in [3.05, 3.63) is 28.5 Å². The second-order valence-corrected chi connectivity index (χ2v) is 5.14. The number of nitrogens with zero attached hydrogens (tertiary/aromatic N) is 1. The molecule has 0 radical (unpaired) electrons. The summed E-state index contributed by atoms with van der Waals surface area (Å²) < 4.78 is 0.925. The minimum Gasteiger partial charge on any atom is -0.386 e. The number of pyridine rings is 1. The number of halogens is 1. The first-order chi connectivity index (χ1) is 7.18. The summed E-state index contributed by atoms with van der Waals surface area (Å²) in [6, 6.07) is 3.75. The van der Waals surface area contributed by atoms with Gasteiger partial charge in [-0.15, -0.1) is 0 Å². The quantitative estimate of drug-likeness (QED) is 0.884. The Morgan fingerprint density at radius 1 is 1.53 bits per heavy atom. The molecule has 1 unspecified atom stereocenters. The predicted molar refractivity (Wildman–Crippen MR) is 62.2 cm³/mol. The summed E-state index contributed by atoms with van der Waals surface area (Å²) in [7, 11) is 0. The standard InChI is InChI=1S/C11H15BrN2O/c12-8-2-3-9(14-6-8)10(15)11(7-13)4-1-5-11/h2-3,6,10,15H,1,4-5,7,13H2. The van der Waals surface area contributed by atoms with E-state index in [1.165, 1.54) is 0 Å². The van der Waals surface area contributed by atoms with Crippen LogP contribution in [0, 0.1) is 5.41 Å². The van der Waals surface area contributed by atoms with Crippen LogP contribution in [0.25, 0.3) is 0 Å². The van der Waals surface area contributed by atoms with Crippen molar-refractivity contribution in [2.24, 2.45) is 11.1 Å². The van der Waals surface area contributed by atoms with Gasteiger partial charge in [0, 0.05) is 22.6 Å². The third kappa shape index (κ3) is 1.94. The first-order valence-electron chi connectivity index (χ1n) is 5.17. The normalized spacial score (nSPS) is 20.7. The molecule has 1 atom stereocenters. The van der Waals surface area contributed by atoms with Crippen LogP contribution in [0.5, 0.6) is 0 Å². The molecule has 0 aromatic carbocycles. The first-order valence-corrected chi connectivity index (χ1v) is 5.97. The Labute approximate surface area is 97.8 Å². The first kappa shape index (κ1) is 11.0. The zero-order valence-corrected chi connectivity index (χ0v) is 10.1. The van der Waals surface area contributed by atoms with Crippen LogP contribution >= 0.6 is 15.9 Å². The number of hydrogen-bond acceptors (Lipinski definition) is 3. The second kappa shape index (κ2) is 4.20. The molecule has 3 N–H and O–H groups in total. The lowest BCUT2D eigenvalue weighted by molar-refractivity contribution is -0.0322. The van der Waals surface area contributed by atoms with Crippen molar-refractivity contribution < 1.29 is 5.11 Å². The van der Waals surface area contributed by atoms with Crippen molar-refractivity contribution in [3.8, 4) is 0 Å². The highest BCUT2D eigenvalue weighted by atomic mass is 79.9. The third-order valence-electron chi connectivity index (χ3n) is 3.37. The fourth-order valence-electron chi connectivity index (χ4n) is 2.08. The van der Waals surface area contributed by atoms with Crippen LogP contribution in [-0.2, 0) is 0 Å². The number of aliphatic hydroxyl groups is 1. The van der Waals surface area contributed by atoms with Crippen molar-refractivity contribution in [2.75, 3.05) is 6.54 Å². The van der Waals surface area contributed by atoms with Crippen LogP contribution in [-0.4, -0.2) is 16.6 Å². The molecule has 82 valence electrons. The summed E-state index contributed by atoms with van der Waals surface area (Å²) in [5.41, 5.74) is 6.34. The predicted octanol–water partition coefficient (Wildman–Crippen LogP) is 2.01. The zero-order valence-electron chi connectivity index (χ0n) is 8.49. The Hall–Kier alpha value is -0.450. The average molecular weight is 271 g/mol. The van der Waals surface area contributed by atoms with Gasteiger partial charge in [-0.3, -0.25) is 4.98 Å². The lowest BCUT2D eigenvalue weighted by atomic mass is 9.64. The van der Waals surface area contributed by atoms with Gasteiger partial charge in [0.25, 0.3) is 0 Å². The third-order valence-corrected chi connectivity index (χ3v) is 3.84. The van der Waals surface area contributed by atoms with E-state index in [4.69, 9.17) is 5.73 Å². The molecule has 1 saturated carbocycles. The molecule has 1 aromatic heterocycles. The Balaban J connectivity index is 2.19. The molecule has 3 nitrogen and oxygen atoms in total. The number of hydrogen-bond donors (Lipinski definition) is 2. The minimum absolute atomic E-state index is 0.124. The molecule has 4 heteroatoms. The van der Waals surface area contributed by atoms with Crippen molar-refractivity contribution in [1.29, 1.82) is 0 Å². The summed E-state index contributed by atoms with van der Waals surface area (Å²) in [4.78, 5) is 4.22. The smallest absolute Gasteiger partial charge is 0.103 e. The molecule has 1 aliphatic carbocycles. The van der Waals surface area contributed by atoms with Crippen molar-refractivity contribution in [1.82, 2.24) is 4.98 Å². The number of aromatic nitrogens is 1. The molecule has 15 heavy (non-hydrogen) atoms. The summed E-state index contributed by atoms with van der Waals surface area (Å²) >= 11 is 3.32. The van der Waals surface area contributed by atoms with Crippen LogP contribution in [0.3, 0.4) is 0 Å². The molecule has 0 spiro atoms. The highest BCUT2D eigenvalue weighted by Crippen LogP contribution is 2.48. The summed E-state index contributed by atoms with van der Waals surface area (Å²) in [5, 5.41) is 10.2. The molecular weight excluding hydrogens is 256 g/mol. The second-order valence-electron chi connectivity index (χ2n) is 4.22. The van der Waals surface area contributed by atoms with Crippen LogP contribution in [0.15, 0.2) is 22.8 Å². The van der Waals surface area contributed by atoms with Crippen LogP contribution in [0.1, 0.15) is 31.1 Å². The lowest BCUT2D eigenvalue weighted by Gasteiger charge is -2.44. The average Bonchev–Trinajstić information content (AvgIpc) is 2.18. The highest BCUT2D eigenvalue weighted by Gasteiger charge is 2.43. The number of aliphatic hydroxyl groups excluding tert-OH is 1. The molecule has 0 amide bonds. The van der Waals surface area contributed by atoms with E-state index in [-0.39, 0.29) is 5.41 Å². The molecule has 2 rings (SSSR count). The van der Waals surface area contributed by atoms with Gasteiger partial charge in [-0.05, 0) is 40.9 Å². The van der Waals surface area contributed by atoms with E-state index in [1.807, 2.05) is 12.1 Å². The SMILES string of the molecule is NCC1(C(O)c2ccc(Br)cn2)CCC1. The van der Waals surface area contributed by atoms with Gasteiger partial charge in [-0.1, -0.05) is 6.42 Å². The monoisotopic (exact) mass is 270 g/mol. The molecule has 1 aliphatic rings. The minimum atomic E-state index is -0.524. The largest absolute Gasteiger partial charge is 0.386 e. The molecule has 1 heterocycles. The fraction of sp³-hybridized carbons (Fsp3) is 0.545. The lowest BCUT2D eigenvalue weighted by Crippen LogP contribution is -2.42. The summed E-state index contributed by atoms with van der Waals surface area (Å²) in [5.74, 6) is 0. The molecule has 1 aromatic rings. The topological polar surface area (TPSA) is 59.1 Å². The zero-order chi connectivity index (χ0) is 10.9. The van der Waals surface area contributed by atoms with E-state index < -0.39 is 6.10 Å². The van der Waals surface area contributed by atoms with E-state index in [9.17, 15) is 5.11 Å². The van der Waals surface area contributed by atoms with Gasteiger partial charge in [0.05, 0.1) is 5.69 Å². The maximum atomic E-state index is 10.2. The highest BCUT2D eigenvalue weighted by molar-refractivity contribution is 9.10. The fourth-order valence-corrected chi connectivity index (χ4v) is 2.32. The van der Waals surface area contributed by atoms with E-state index in [2.05, 4.69) is 20.9 Å². The maximum absolute atomic E-state index is 10.2.